The Bertz CT molecular complexity index is 842. The lowest BCUT2D eigenvalue weighted by molar-refractivity contribution is -0.103. The fourth-order valence-electron chi connectivity index (χ4n) is 2.41. The van der Waals surface area contributed by atoms with Crippen LogP contribution in [-0.2, 0) is 17.8 Å². The molecule has 0 saturated heterocycles. The number of rotatable bonds is 4. The summed E-state index contributed by atoms with van der Waals surface area (Å²) in [5, 5.41) is 0. The van der Waals surface area contributed by atoms with Crippen molar-refractivity contribution in [2.75, 3.05) is 0 Å². The number of aldehydes is 1. The normalized spacial score (nSPS) is 12.0. The maximum absolute atomic E-state index is 10.2. The van der Waals surface area contributed by atoms with Gasteiger partial charge in [0.25, 0.3) is 0 Å². The average Bonchev–Trinajstić information content (AvgIpc) is 2.87. The standard InChI is InChI=1S/C20H16N2OS/c23-14-4-5-16-8-10-18(11-9-16)24-22-15-17-12-13-21-20-7-3-1-2-6-19(17)20/h1-3,6,8-14,22H,7,15H2. The van der Waals surface area contributed by atoms with E-state index in [4.69, 9.17) is 0 Å². The van der Waals surface area contributed by atoms with Crippen LogP contribution in [0.15, 0.2) is 59.7 Å². The highest BCUT2D eigenvalue weighted by Crippen LogP contribution is 2.20. The van der Waals surface area contributed by atoms with E-state index >= 15 is 0 Å². The van der Waals surface area contributed by atoms with Gasteiger partial charge in [-0.05, 0) is 53.8 Å². The van der Waals surface area contributed by atoms with Gasteiger partial charge >= 0.3 is 0 Å². The Hall–Kier alpha value is -2.61. The van der Waals surface area contributed by atoms with E-state index in [0.29, 0.717) is 6.29 Å². The minimum absolute atomic E-state index is 0.603. The number of carbonyl (C=O) groups is 1. The number of hydrogen-bond donors (Lipinski definition) is 1. The quantitative estimate of drug-likeness (QED) is 0.528. The first-order valence-corrected chi connectivity index (χ1v) is 8.43. The van der Waals surface area contributed by atoms with E-state index in [1.54, 1.807) is 11.9 Å². The molecule has 0 aliphatic heterocycles. The van der Waals surface area contributed by atoms with Crippen LogP contribution in [0.1, 0.15) is 22.4 Å². The molecular weight excluding hydrogens is 316 g/mol. The molecule has 4 heteroatoms. The molecule has 3 nitrogen and oxygen atoms in total. The monoisotopic (exact) mass is 332 g/mol. The van der Waals surface area contributed by atoms with Crippen molar-refractivity contribution in [3.8, 4) is 11.8 Å². The molecule has 1 N–H and O–H groups in total. The summed E-state index contributed by atoms with van der Waals surface area (Å²) in [6, 6.07) is 9.85. The number of pyridine rings is 1. The Kier molecular flexibility index (Phi) is 5.62. The van der Waals surface area contributed by atoms with Crippen LogP contribution in [0.3, 0.4) is 0 Å². The molecule has 2 aromatic rings. The van der Waals surface area contributed by atoms with Gasteiger partial charge in [-0.25, -0.2) is 0 Å². The molecule has 118 valence electrons. The summed E-state index contributed by atoms with van der Waals surface area (Å²) < 4.78 is 3.39. The van der Waals surface area contributed by atoms with E-state index in [2.05, 4.69) is 51.9 Å². The van der Waals surface area contributed by atoms with E-state index in [9.17, 15) is 4.79 Å². The average molecular weight is 332 g/mol. The van der Waals surface area contributed by atoms with Crippen molar-refractivity contribution < 1.29 is 4.79 Å². The van der Waals surface area contributed by atoms with Crippen molar-refractivity contribution in [1.82, 2.24) is 9.71 Å². The van der Waals surface area contributed by atoms with Gasteiger partial charge in [-0.1, -0.05) is 30.2 Å². The molecule has 24 heavy (non-hydrogen) atoms. The SMILES string of the molecule is O=CC#Cc1ccc(SNCc2ccnc3c2C=CC=CC3)cc1. The van der Waals surface area contributed by atoms with Crippen LogP contribution in [0.4, 0.5) is 0 Å². The summed E-state index contributed by atoms with van der Waals surface area (Å²) in [6.45, 7) is 0.757. The van der Waals surface area contributed by atoms with E-state index in [-0.39, 0.29) is 0 Å². The van der Waals surface area contributed by atoms with Crippen LogP contribution in [0, 0.1) is 11.8 Å². The van der Waals surface area contributed by atoms with Crippen molar-refractivity contribution in [3.63, 3.8) is 0 Å². The highest BCUT2D eigenvalue weighted by Gasteiger charge is 2.07. The van der Waals surface area contributed by atoms with Gasteiger partial charge in [0.1, 0.15) is 0 Å². The van der Waals surface area contributed by atoms with Crippen LogP contribution in [0.5, 0.6) is 0 Å². The van der Waals surface area contributed by atoms with Gasteiger partial charge in [0.15, 0.2) is 6.29 Å². The lowest BCUT2D eigenvalue weighted by atomic mass is 10.1. The third-order valence-corrected chi connectivity index (χ3v) is 4.36. The molecule has 1 aliphatic rings. The first-order valence-electron chi connectivity index (χ1n) is 7.62. The molecule has 0 amide bonds. The predicted molar refractivity (Wildman–Crippen MR) is 98.2 cm³/mol. The first-order chi connectivity index (χ1) is 11.9. The Morgan fingerprint density at radius 1 is 1.21 bits per heavy atom. The van der Waals surface area contributed by atoms with Crippen LogP contribution in [-0.4, -0.2) is 11.3 Å². The lowest BCUT2D eigenvalue weighted by Gasteiger charge is -2.10. The number of nitrogens with zero attached hydrogens (tertiary/aromatic N) is 1. The topological polar surface area (TPSA) is 42.0 Å². The molecule has 0 radical (unpaired) electrons. The van der Waals surface area contributed by atoms with Gasteiger partial charge < -0.3 is 0 Å². The molecule has 0 bridgehead atoms. The second-order valence-corrected chi connectivity index (χ2v) is 6.12. The number of nitrogens with one attached hydrogen (secondary N) is 1. The minimum atomic E-state index is 0.603. The number of aromatic nitrogens is 1. The highest BCUT2D eigenvalue weighted by atomic mass is 32.2. The molecule has 0 spiro atoms. The maximum Gasteiger partial charge on any atom is 0.193 e. The molecule has 0 fully saturated rings. The summed E-state index contributed by atoms with van der Waals surface area (Å²) >= 11 is 1.58. The Labute approximate surface area is 146 Å². The van der Waals surface area contributed by atoms with Crippen LogP contribution < -0.4 is 4.72 Å². The number of fused-ring (bicyclic) bond motifs is 1. The molecule has 0 atom stereocenters. The van der Waals surface area contributed by atoms with Gasteiger partial charge in [0.2, 0.25) is 0 Å². The first kappa shape index (κ1) is 16.3. The van der Waals surface area contributed by atoms with Gasteiger partial charge in [-0.15, -0.1) is 0 Å². The molecule has 0 unspecified atom stereocenters. The van der Waals surface area contributed by atoms with Gasteiger partial charge in [-0.2, -0.15) is 0 Å². The van der Waals surface area contributed by atoms with Crippen LogP contribution in [0.25, 0.3) is 6.08 Å². The largest absolute Gasteiger partial charge is 0.289 e. The lowest BCUT2D eigenvalue weighted by Crippen LogP contribution is -2.07. The molecule has 1 aliphatic carbocycles. The van der Waals surface area contributed by atoms with Crippen molar-refractivity contribution in [2.45, 2.75) is 17.9 Å². The second kappa shape index (κ2) is 8.30. The fraction of sp³-hybridized carbons (Fsp3) is 0.100. The van der Waals surface area contributed by atoms with E-state index < -0.39 is 0 Å². The number of carbonyl (C=O) groups excluding carboxylic acids is 1. The summed E-state index contributed by atoms with van der Waals surface area (Å²) in [5.74, 6) is 5.19. The second-order valence-electron chi connectivity index (χ2n) is 5.16. The zero-order chi connectivity index (χ0) is 16.6. The minimum Gasteiger partial charge on any atom is -0.289 e. The van der Waals surface area contributed by atoms with Gasteiger partial charge in [0.05, 0.1) is 5.69 Å². The van der Waals surface area contributed by atoms with E-state index in [0.717, 1.165) is 29.1 Å². The van der Waals surface area contributed by atoms with Crippen molar-refractivity contribution in [2.24, 2.45) is 0 Å². The molecule has 0 saturated carbocycles. The van der Waals surface area contributed by atoms with Gasteiger partial charge in [-0.3, -0.25) is 14.5 Å². The van der Waals surface area contributed by atoms with Crippen LogP contribution >= 0.6 is 11.9 Å². The van der Waals surface area contributed by atoms with Crippen LogP contribution in [0.2, 0.25) is 0 Å². The Morgan fingerprint density at radius 3 is 2.92 bits per heavy atom. The number of hydrogen-bond acceptors (Lipinski definition) is 4. The summed E-state index contributed by atoms with van der Waals surface area (Å²) in [5.41, 5.74) is 4.39. The molecule has 1 aromatic carbocycles. The summed E-state index contributed by atoms with van der Waals surface area (Å²) in [4.78, 5) is 15.8. The molecule has 3 rings (SSSR count). The number of benzene rings is 1. The third kappa shape index (κ3) is 4.23. The zero-order valence-corrected chi connectivity index (χ0v) is 13.8. The predicted octanol–water partition coefficient (Wildman–Crippen LogP) is 3.55. The van der Waals surface area contributed by atoms with E-state index in [1.807, 2.05) is 30.5 Å². The Balaban J connectivity index is 1.62. The zero-order valence-electron chi connectivity index (χ0n) is 13.0. The maximum atomic E-state index is 10.2. The smallest absolute Gasteiger partial charge is 0.193 e. The van der Waals surface area contributed by atoms with Crippen molar-refractivity contribution in [3.05, 3.63) is 77.1 Å². The summed E-state index contributed by atoms with van der Waals surface area (Å²) in [6.07, 6.45) is 11.7. The van der Waals surface area contributed by atoms with Crippen molar-refractivity contribution in [1.29, 1.82) is 0 Å². The Morgan fingerprint density at radius 2 is 2.08 bits per heavy atom. The van der Waals surface area contributed by atoms with Crippen molar-refractivity contribution >= 4 is 24.3 Å². The number of allylic oxidation sites excluding steroid dienone is 3. The highest BCUT2D eigenvalue weighted by molar-refractivity contribution is 7.97. The molecule has 1 heterocycles. The molecule has 1 aromatic heterocycles. The van der Waals surface area contributed by atoms with E-state index in [1.165, 1.54) is 11.1 Å². The van der Waals surface area contributed by atoms with Gasteiger partial charge in [0, 0.05) is 35.2 Å². The fourth-order valence-corrected chi connectivity index (χ4v) is 3.07. The summed E-state index contributed by atoms with van der Waals surface area (Å²) in [7, 11) is 0. The molecular formula is C20H16N2OS. The third-order valence-electron chi connectivity index (χ3n) is 3.57.